The van der Waals surface area contributed by atoms with Crippen LogP contribution in [-0.2, 0) is 9.53 Å². The summed E-state index contributed by atoms with van der Waals surface area (Å²) in [5.41, 5.74) is 6.31. The number of nitrogens with two attached hydrogens (primary N) is 1. The van der Waals surface area contributed by atoms with Gasteiger partial charge in [-0.05, 0) is 39.7 Å². The molecule has 0 radical (unpaired) electrons. The fraction of sp³-hybridized carbons (Fsp3) is 0.571. The second-order valence-corrected chi connectivity index (χ2v) is 6.17. The first-order valence-corrected chi connectivity index (χ1v) is 6.72. The maximum atomic E-state index is 12.0. The largest absolute Gasteiger partial charge is 0.451 e. The average Bonchev–Trinajstić information content (AvgIpc) is 3.07. The van der Waals surface area contributed by atoms with E-state index in [0.29, 0.717) is 17.4 Å². The van der Waals surface area contributed by atoms with Crippen LogP contribution in [0.1, 0.15) is 50.1 Å². The van der Waals surface area contributed by atoms with Crippen LogP contribution in [0.3, 0.4) is 0 Å². The first kappa shape index (κ1) is 14.4. The summed E-state index contributed by atoms with van der Waals surface area (Å²) in [6, 6.07) is 1.92. The summed E-state index contributed by atoms with van der Waals surface area (Å²) in [6.07, 6.45) is 3.82. The highest BCUT2D eigenvalue weighted by Gasteiger charge is 2.28. The number of esters is 1. The first-order valence-electron chi connectivity index (χ1n) is 6.72. The van der Waals surface area contributed by atoms with Crippen LogP contribution >= 0.6 is 0 Å². The van der Waals surface area contributed by atoms with Gasteiger partial charge in [-0.3, -0.25) is 4.79 Å². The van der Waals surface area contributed by atoms with E-state index in [-0.39, 0.29) is 18.1 Å². The monoisotopic (exact) mass is 279 g/mol. The molecule has 0 aromatic carbocycles. The first-order chi connectivity index (χ1) is 9.26. The number of carbonyl (C=O) groups excluding carboxylic acids is 2. The van der Waals surface area contributed by atoms with Gasteiger partial charge in [-0.2, -0.15) is 0 Å². The Hall–Kier alpha value is -1.98. The number of carbonyl (C=O) groups is 2. The number of ether oxygens (including phenoxy) is 1. The Morgan fingerprint density at radius 1 is 1.45 bits per heavy atom. The molecule has 110 valence electrons. The Kier molecular flexibility index (Phi) is 3.74. The van der Waals surface area contributed by atoms with E-state index in [9.17, 15) is 9.59 Å². The van der Waals surface area contributed by atoms with Crippen LogP contribution in [0.5, 0.6) is 0 Å². The number of nitrogens with one attached hydrogen (secondary N) is 1. The molecular formula is C14H21N3O3. The Bertz CT molecular complexity index is 524. The van der Waals surface area contributed by atoms with Crippen LogP contribution in [0.25, 0.3) is 0 Å². The van der Waals surface area contributed by atoms with E-state index in [4.69, 9.17) is 10.5 Å². The Labute approximate surface area is 118 Å². The second kappa shape index (κ2) is 5.19. The Balaban J connectivity index is 1.94. The van der Waals surface area contributed by atoms with Gasteiger partial charge >= 0.3 is 5.97 Å². The van der Waals surface area contributed by atoms with Gasteiger partial charge in [0.25, 0.3) is 5.91 Å². The van der Waals surface area contributed by atoms with Crippen LogP contribution in [0.2, 0.25) is 0 Å². The number of amides is 1. The van der Waals surface area contributed by atoms with E-state index in [0.717, 1.165) is 12.8 Å². The molecule has 1 amide bonds. The number of anilines is 1. The van der Waals surface area contributed by atoms with Crippen molar-refractivity contribution in [2.45, 2.75) is 45.2 Å². The SMILES string of the molecule is CC(C)(C)NC(=O)COC(=O)c1cc(N)cn1C1CC1. The quantitative estimate of drug-likeness (QED) is 0.817. The predicted molar refractivity (Wildman–Crippen MR) is 75.3 cm³/mol. The number of nitrogens with zero attached hydrogens (tertiary/aromatic N) is 1. The number of hydrogen-bond donors (Lipinski definition) is 2. The van der Waals surface area contributed by atoms with Crippen LogP contribution < -0.4 is 11.1 Å². The average molecular weight is 279 g/mol. The maximum absolute atomic E-state index is 12.0. The van der Waals surface area contributed by atoms with E-state index in [1.54, 1.807) is 12.3 Å². The molecule has 3 N–H and O–H groups in total. The second-order valence-electron chi connectivity index (χ2n) is 6.17. The van der Waals surface area contributed by atoms with Crippen molar-refractivity contribution in [3.8, 4) is 0 Å². The smallest absolute Gasteiger partial charge is 0.355 e. The summed E-state index contributed by atoms with van der Waals surface area (Å²) < 4.78 is 6.87. The Morgan fingerprint density at radius 2 is 2.10 bits per heavy atom. The van der Waals surface area contributed by atoms with Crippen molar-refractivity contribution >= 4 is 17.6 Å². The maximum Gasteiger partial charge on any atom is 0.355 e. The van der Waals surface area contributed by atoms with E-state index in [1.165, 1.54) is 0 Å². The van der Waals surface area contributed by atoms with Gasteiger partial charge in [-0.15, -0.1) is 0 Å². The van der Waals surface area contributed by atoms with Crippen LogP contribution in [0.4, 0.5) is 5.69 Å². The molecule has 6 nitrogen and oxygen atoms in total. The molecule has 6 heteroatoms. The molecule has 0 spiro atoms. The zero-order valence-corrected chi connectivity index (χ0v) is 12.1. The minimum atomic E-state index is -0.516. The fourth-order valence-corrected chi connectivity index (χ4v) is 1.98. The molecule has 20 heavy (non-hydrogen) atoms. The lowest BCUT2D eigenvalue weighted by molar-refractivity contribution is -0.125. The number of rotatable bonds is 4. The third kappa shape index (κ3) is 3.76. The minimum absolute atomic E-state index is 0.286. The standard InChI is InChI=1S/C14H21N3O3/c1-14(2,3)16-12(18)8-20-13(19)11-6-9(15)7-17(11)10-4-5-10/h6-7,10H,4-5,8,15H2,1-3H3,(H,16,18). The van der Waals surface area contributed by atoms with Gasteiger partial charge in [0.15, 0.2) is 6.61 Å². The van der Waals surface area contributed by atoms with Crippen molar-refractivity contribution in [2.24, 2.45) is 0 Å². The lowest BCUT2D eigenvalue weighted by Crippen LogP contribution is -2.42. The minimum Gasteiger partial charge on any atom is -0.451 e. The van der Waals surface area contributed by atoms with E-state index < -0.39 is 5.97 Å². The van der Waals surface area contributed by atoms with E-state index in [2.05, 4.69) is 5.32 Å². The van der Waals surface area contributed by atoms with Gasteiger partial charge in [-0.1, -0.05) is 0 Å². The van der Waals surface area contributed by atoms with E-state index in [1.807, 2.05) is 25.3 Å². The molecule has 0 bridgehead atoms. The molecule has 1 aromatic rings. The van der Waals surface area contributed by atoms with Crippen LogP contribution in [0.15, 0.2) is 12.3 Å². The molecule has 1 aliphatic carbocycles. The number of hydrogen-bond acceptors (Lipinski definition) is 4. The highest BCUT2D eigenvalue weighted by Crippen LogP contribution is 2.37. The number of aromatic nitrogens is 1. The molecule has 2 rings (SSSR count). The molecule has 1 heterocycles. The highest BCUT2D eigenvalue weighted by atomic mass is 16.5. The molecule has 0 saturated heterocycles. The Morgan fingerprint density at radius 3 is 2.65 bits per heavy atom. The van der Waals surface area contributed by atoms with Crippen molar-refractivity contribution in [1.29, 1.82) is 0 Å². The normalized spacial score (nSPS) is 14.9. The molecule has 1 saturated carbocycles. The predicted octanol–water partition coefficient (Wildman–Crippen LogP) is 1.48. The molecule has 1 fully saturated rings. The lowest BCUT2D eigenvalue weighted by atomic mass is 10.1. The molecule has 0 unspecified atom stereocenters. The molecule has 0 atom stereocenters. The van der Waals surface area contributed by atoms with Gasteiger partial charge in [0.2, 0.25) is 0 Å². The number of nitrogen functional groups attached to an aromatic ring is 1. The van der Waals surface area contributed by atoms with E-state index >= 15 is 0 Å². The topological polar surface area (TPSA) is 86.3 Å². The zero-order chi connectivity index (χ0) is 14.9. The fourth-order valence-electron chi connectivity index (χ4n) is 1.98. The molecule has 1 aliphatic rings. The summed E-state index contributed by atoms with van der Waals surface area (Å²) >= 11 is 0. The van der Waals surface area contributed by atoms with Crippen molar-refractivity contribution in [2.75, 3.05) is 12.3 Å². The van der Waals surface area contributed by atoms with Crippen molar-refractivity contribution in [3.05, 3.63) is 18.0 Å². The van der Waals surface area contributed by atoms with Gasteiger partial charge in [0, 0.05) is 17.8 Å². The summed E-state index contributed by atoms with van der Waals surface area (Å²) in [7, 11) is 0. The van der Waals surface area contributed by atoms with Gasteiger partial charge in [0.05, 0.1) is 5.69 Å². The summed E-state index contributed by atoms with van der Waals surface area (Å²) in [6.45, 7) is 5.31. The summed E-state index contributed by atoms with van der Waals surface area (Å²) in [5.74, 6) is -0.832. The molecular weight excluding hydrogens is 258 g/mol. The third-order valence-corrected chi connectivity index (χ3v) is 2.87. The van der Waals surface area contributed by atoms with Gasteiger partial charge in [-0.25, -0.2) is 4.79 Å². The van der Waals surface area contributed by atoms with Crippen molar-refractivity contribution < 1.29 is 14.3 Å². The zero-order valence-electron chi connectivity index (χ0n) is 12.1. The molecule has 0 aliphatic heterocycles. The third-order valence-electron chi connectivity index (χ3n) is 2.87. The summed E-state index contributed by atoms with van der Waals surface area (Å²) in [4.78, 5) is 23.6. The summed E-state index contributed by atoms with van der Waals surface area (Å²) in [5, 5.41) is 2.73. The van der Waals surface area contributed by atoms with Crippen molar-refractivity contribution in [1.82, 2.24) is 9.88 Å². The van der Waals surface area contributed by atoms with Gasteiger partial charge < -0.3 is 20.4 Å². The van der Waals surface area contributed by atoms with Crippen molar-refractivity contribution in [3.63, 3.8) is 0 Å². The van der Waals surface area contributed by atoms with Crippen LogP contribution in [0, 0.1) is 0 Å². The van der Waals surface area contributed by atoms with Gasteiger partial charge in [0.1, 0.15) is 5.69 Å². The lowest BCUT2D eigenvalue weighted by Gasteiger charge is -2.20. The highest BCUT2D eigenvalue weighted by molar-refractivity contribution is 5.91. The van der Waals surface area contributed by atoms with Crippen LogP contribution in [-0.4, -0.2) is 28.6 Å². The molecule has 1 aromatic heterocycles.